The van der Waals surface area contributed by atoms with Gasteiger partial charge in [0.2, 0.25) is 0 Å². The van der Waals surface area contributed by atoms with Crippen LogP contribution >= 0.6 is 22.9 Å². The van der Waals surface area contributed by atoms with E-state index in [9.17, 15) is 18.7 Å². The van der Waals surface area contributed by atoms with Crippen LogP contribution in [0.3, 0.4) is 0 Å². The third-order valence-corrected chi connectivity index (χ3v) is 6.03. The molecule has 0 saturated carbocycles. The van der Waals surface area contributed by atoms with Gasteiger partial charge in [-0.1, -0.05) is 11.6 Å². The van der Waals surface area contributed by atoms with Gasteiger partial charge in [0, 0.05) is 28.8 Å². The lowest BCUT2D eigenvalue weighted by atomic mass is 10.1. The first-order valence-corrected chi connectivity index (χ1v) is 10.7. The van der Waals surface area contributed by atoms with Gasteiger partial charge in [-0.05, 0) is 48.2 Å². The highest BCUT2D eigenvalue weighted by Crippen LogP contribution is 2.34. The van der Waals surface area contributed by atoms with Gasteiger partial charge in [-0.25, -0.2) is 18.6 Å². The Bertz CT molecular complexity index is 1330. The number of carboxylic acid groups (broad SMARTS) is 1. The zero-order chi connectivity index (χ0) is 22.8. The summed E-state index contributed by atoms with van der Waals surface area (Å²) in [5.74, 6) is -1.24. The van der Waals surface area contributed by atoms with Crippen LogP contribution < -0.4 is 9.47 Å². The Kier molecular flexibility index (Phi) is 6.25. The summed E-state index contributed by atoms with van der Waals surface area (Å²) < 4.78 is 39.2. The Balaban J connectivity index is 1.52. The van der Waals surface area contributed by atoms with Gasteiger partial charge in [-0.15, -0.1) is 11.3 Å². The first-order valence-electron chi connectivity index (χ1n) is 9.41. The topological polar surface area (TPSA) is 68.7 Å². The molecule has 0 aliphatic carbocycles. The van der Waals surface area contributed by atoms with Crippen molar-refractivity contribution in [2.45, 2.75) is 20.1 Å². The molecule has 32 heavy (non-hydrogen) atoms. The average Bonchev–Trinajstić information content (AvgIpc) is 3.17. The third-order valence-electron chi connectivity index (χ3n) is 4.68. The van der Waals surface area contributed by atoms with Crippen LogP contribution in [0.2, 0.25) is 5.15 Å². The molecule has 0 bridgehead atoms. The van der Waals surface area contributed by atoms with Gasteiger partial charge < -0.3 is 14.6 Å². The molecule has 164 valence electrons. The van der Waals surface area contributed by atoms with Crippen LogP contribution in [-0.2, 0) is 13.2 Å². The SMILES string of the molecule is Cc1cc(OCc2cc(F)ccc2F)cc(OCc2csc3c(C(=O)O)cnc(Cl)c23)c1. The molecule has 0 aliphatic rings. The van der Waals surface area contributed by atoms with E-state index in [-0.39, 0.29) is 29.5 Å². The molecule has 1 N–H and O–H groups in total. The molecule has 4 rings (SSSR count). The first kappa shape index (κ1) is 22.0. The molecule has 0 aliphatic heterocycles. The highest BCUT2D eigenvalue weighted by Gasteiger charge is 2.17. The van der Waals surface area contributed by atoms with E-state index in [0.717, 1.165) is 23.8 Å². The standard InChI is InChI=1S/C23H16ClF2NO4S/c1-12-4-16(30-9-13-6-15(25)2-3-19(13)26)7-17(5-12)31-10-14-11-32-21-18(23(28)29)8-27-22(24)20(14)21/h2-8,11H,9-10H2,1H3,(H,28,29). The number of ether oxygens (including phenoxy) is 2. The molecule has 5 nitrogen and oxygen atoms in total. The van der Waals surface area contributed by atoms with Crippen molar-refractivity contribution in [2.75, 3.05) is 0 Å². The van der Waals surface area contributed by atoms with Crippen LogP contribution in [-0.4, -0.2) is 16.1 Å². The highest BCUT2D eigenvalue weighted by atomic mass is 35.5. The van der Waals surface area contributed by atoms with Gasteiger partial charge >= 0.3 is 5.97 Å². The monoisotopic (exact) mass is 475 g/mol. The molecule has 0 unspecified atom stereocenters. The van der Waals surface area contributed by atoms with Crippen LogP contribution in [0.5, 0.6) is 11.5 Å². The molecule has 0 spiro atoms. The number of aryl methyl sites for hydroxylation is 1. The zero-order valence-electron chi connectivity index (χ0n) is 16.7. The third kappa shape index (κ3) is 4.66. The Morgan fingerprint density at radius 1 is 1.09 bits per heavy atom. The second-order valence-electron chi connectivity index (χ2n) is 7.03. The number of thiophene rings is 1. The number of aromatic carboxylic acids is 1. The Morgan fingerprint density at radius 2 is 1.78 bits per heavy atom. The summed E-state index contributed by atoms with van der Waals surface area (Å²) >= 11 is 7.46. The van der Waals surface area contributed by atoms with Crippen molar-refractivity contribution in [1.82, 2.24) is 4.98 Å². The lowest BCUT2D eigenvalue weighted by molar-refractivity contribution is 0.0699. The molecule has 0 radical (unpaired) electrons. The summed E-state index contributed by atoms with van der Waals surface area (Å²) in [6, 6.07) is 8.39. The van der Waals surface area contributed by atoms with E-state index in [1.807, 2.05) is 6.92 Å². The number of carboxylic acids is 1. The fourth-order valence-corrected chi connectivity index (χ4v) is 4.56. The molecule has 2 heterocycles. The smallest absolute Gasteiger partial charge is 0.338 e. The average molecular weight is 476 g/mol. The van der Waals surface area contributed by atoms with Crippen LogP contribution in [0.15, 0.2) is 48.0 Å². The number of pyridine rings is 1. The van der Waals surface area contributed by atoms with E-state index in [1.165, 1.54) is 17.5 Å². The minimum Gasteiger partial charge on any atom is -0.489 e. The summed E-state index contributed by atoms with van der Waals surface area (Å²) in [6.07, 6.45) is 1.24. The number of benzene rings is 2. The highest BCUT2D eigenvalue weighted by molar-refractivity contribution is 7.17. The molecule has 2 aromatic carbocycles. The van der Waals surface area contributed by atoms with E-state index in [4.69, 9.17) is 21.1 Å². The van der Waals surface area contributed by atoms with Gasteiger partial charge in [0.15, 0.2) is 0 Å². The van der Waals surface area contributed by atoms with Gasteiger partial charge in [-0.2, -0.15) is 0 Å². The van der Waals surface area contributed by atoms with Crippen molar-refractivity contribution >= 4 is 39.0 Å². The molecule has 0 atom stereocenters. The molecule has 4 aromatic rings. The summed E-state index contributed by atoms with van der Waals surface area (Å²) in [6.45, 7) is 1.84. The van der Waals surface area contributed by atoms with Crippen molar-refractivity contribution in [3.63, 3.8) is 0 Å². The van der Waals surface area contributed by atoms with Gasteiger partial charge in [0.1, 0.15) is 41.5 Å². The summed E-state index contributed by atoms with van der Waals surface area (Å²) in [7, 11) is 0. The molecule has 0 fully saturated rings. The molecule has 0 saturated heterocycles. The summed E-state index contributed by atoms with van der Waals surface area (Å²) in [5, 5.41) is 11.9. The fraction of sp³-hybridized carbons (Fsp3) is 0.130. The number of carbonyl (C=O) groups is 1. The molecule has 2 aromatic heterocycles. The Hall–Kier alpha value is -3.23. The van der Waals surface area contributed by atoms with Crippen LogP contribution in [0.1, 0.15) is 27.0 Å². The first-order chi connectivity index (χ1) is 15.3. The minimum atomic E-state index is -1.08. The molecular weight excluding hydrogens is 460 g/mol. The second-order valence-corrected chi connectivity index (χ2v) is 8.27. The van der Waals surface area contributed by atoms with E-state index in [0.29, 0.717) is 27.1 Å². The number of halogens is 3. The van der Waals surface area contributed by atoms with Crippen LogP contribution in [0, 0.1) is 18.6 Å². The quantitative estimate of drug-likeness (QED) is 0.313. The number of nitrogens with zero attached hydrogens (tertiary/aromatic N) is 1. The van der Waals surface area contributed by atoms with E-state index in [1.54, 1.807) is 23.6 Å². The number of fused-ring (bicyclic) bond motifs is 1. The van der Waals surface area contributed by atoms with E-state index in [2.05, 4.69) is 4.98 Å². The van der Waals surface area contributed by atoms with Crippen molar-refractivity contribution in [2.24, 2.45) is 0 Å². The van der Waals surface area contributed by atoms with Crippen molar-refractivity contribution < 1.29 is 28.2 Å². The van der Waals surface area contributed by atoms with Crippen molar-refractivity contribution in [3.8, 4) is 11.5 Å². The number of hydrogen-bond donors (Lipinski definition) is 1. The zero-order valence-corrected chi connectivity index (χ0v) is 18.3. The van der Waals surface area contributed by atoms with E-state index < -0.39 is 17.6 Å². The minimum absolute atomic E-state index is 0.0801. The van der Waals surface area contributed by atoms with Gasteiger partial charge in [0.25, 0.3) is 0 Å². The van der Waals surface area contributed by atoms with E-state index >= 15 is 0 Å². The van der Waals surface area contributed by atoms with Gasteiger partial charge in [-0.3, -0.25) is 0 Å². The van der Waals surface area contributed by atoms with Crippen LogP contribution in [0.25, 0.3) is 10.1 Å². The van der Waals surface area contributed by atoms with Crippen molar-refractivity contribution in [3.05, 3.63) is 87.0 Å². The predicted octanol–water partition coefficient (Wildman–Crippen LogP) is 6.39. The van der Waals surface area contributed by atoms with Crippen molar-refractivity contribution in [1.29, 1.82) is 0 Å². The largest absolute Gasteiger partial charge is 0.489 e. The van der Waals surface area contributed by atoms with Crippen LogP contribution in [0.4, 0.5) is 8.78 Å². The summed E-state index contributed by atoms with van der Waals surface area (Å²) in [4.78, 5) is 15.4. The lowest BCUT2D eigenvalue weighted by Gasteiger charge is -2.12. The second kappa shape index (κ2) is 9.10. The number of rotatable bonds is 7. The molecule has 0 amide bonds. The predicted molar refractivity (Wildman–Crippen MR) is 118 cm³/mol. The molecule has 9 heteroatoms. The maximum absolute atomic E-state index is 13.8. The Morgan fingerprint density at radius 3 is 2.47 bits per heavy atom. The Labute approximate surface area is 190 Å². The maximum Gasteiger partial charge on any atom is 0.338 e. The number of hydrogen-bond acceptors (Lipinski definition) is 5. The normalized spacial score (nSPS) is 11.0. The summed E-state index contributed by atoms with van der Waals surface area (Å²) in [5.41, 5.74) is 1.74. The van der Waals surface area contributed by atoms with Gasteiger partial charge in [0.05, 0.1) is 10.3 Å². The lowest BCUT2D eigenvalue weighted by Crippen LogP contribution is -2.01. The number of aromatic nitrogens is 1. The molecular formula is C23H16ClF2NO4S. The maximum atomic E-state index is 13.8. The fourth-order valence-electron chi connectivity index (χ4n) is 3.18.